The molecule has 0 aliphatic carbocycles. The Morgan fingerprint density at radius 1 is 0.714 bits per heavy atom. The smallest absolute Gasteiger partial charge is 0.213 e. The summed E-state index contributed by atoms with van der Waals surface area (Å²) in [7, 11) is -3.91. The molecule has 3 aromatic carbocycles. The van der Waals surface area contributed by atoms with E-state index in [0.717, 1.165) is 5.56 Å². The van der Waals surface area contributed by atoms with Crippen LogP contribution in [0.4, 0.5) is 5.69 Å². The van der Waals surface area contributed by atoms with Crippen LogP contribution in [-0.2, 0) is 9.84 Å². The van der Waals surface area contributed by atoms with Gasteiger partial charge in [0.1, 0.15) is 15.5 Å². The predicted octanol–water partition coefficient (Wildman–Crippen LogP) is 5.13. The summed E-state index contributed by atoms with van der Waals surface area (Å²) in [5.74, 6) is -0.273. The molecule has 0 aromatic heterocycles. The average Bonchev–Trinajstić information content (AvgIpc) is 2.90. The van der Waals surface area contributed by atoms with E-state index in [1.807, 2.05) is 37.3 Å². The summed E-state index contributed by atoms with van der Waals surface area (Å²) in [6.07, 6.45) is 0. The van der Waals surface area contributed by atoms with Crippen molar-refractivity contribution in [2.45, 2.75) is 6.92 Å². The Morgan fingerprint density at radius 2 is 1.21 bits per heavy atom. The molecule has 0 unspecified atom stereocenters. The Kier molecular flexibility index (Phi) is 4.53. The van der Waals surface area contributed by atoms with Gasteiger partial charge in [0.05, 0.1) is 0 Å². The summed E-state index contributed by atoms with van der Waals surface area (Å²) in [5.41, 5.74) is 2.95. The lowest BCUT2D eigenvalue weighted by molar-refractivity contribution is 0.430. The maximum atomic E-state index is 13.4. The molecule has 0 fully saturated rings. The SMILES string of the molecule is Cc1ccc(NC2=C(c3ccccc3)S(=O)(=O)C(c3ccccc3)=C2O)cc1. The highest BCUT2D eigenvalue weighted by atomic mass is 32.2. The monoisotopic (exact) mass is 389 g/mol. The summed E-state index contributed by atoms with van der Waals surface area (Å²) in [5, 5.41) is 14.1. The topological polar surface area (TPSA) is 66.4 Å². The Morgan fingerprint density at radius 3 is 1.75 bits per heavy atom. The van der Waals surface area contributed by atoms with Crippen LogP contribution in [0.15, 0.2) is 96.4 Å². The zero-order chi connectivity index (χ0) is 19.7. The van der Waals surface area contributed by atoms with E-state index >= 15 is 0 Å². The van der Waals surface area contributed by atoms with Crippen molar-refractivity contribution < 1.29 is 13.5 Å². The normalized spacial score (nSPS) is 15.8. The molecule has 1 aliphatic rings. The zero-order valence-electron chi connectivity index (χ0n) is 15.3. The third kappa shape index (κ3) is 3.10. The molecule has 140 valence electrons. The molecule has 0 amide bonds. The van der Waals surface area contributed by atoms with Crippen molar-refractivity contribution >= 4 is 25.3 Å². The molecule has 1 heterocycles. The number of nitrogens with one attached hydrogen (secondary N) is 1. The van der Waals surface area contributed by atoms with Crippen LogP contribution in [0, 0.1) is 6.92 Å². The van der Waals surface area contributed by atoms with Crippen LogP contribution in [-0.4, -0.2) is 13.5 Å². The van der Waals surface area contributed by atoms with E-state index in [0.29, 0.717) is 16.8 Å². The first-order valence-corrected chi connectivity index (χ1v) is 10.3. The second-order valence-electron chi connectivity index (χ2n) is 6.61. The highest BCUT2D eigenvalue weighted by Gasteiger charge is 2.40. The van der Waals surface area contributed by atoms with Gasteiger partial charge in [0.25, 0.3) is 0 Å². The van der Waals surface area contributed by atoms with E-state index in [-0.39, 0.29) is 21.3 Å². The first-order chi connectivity index (χ1) is 13.5. The van der Waals surface area contributed by atoms with Crippen molar-refractivity contribution in [3.63, 3.8) is 0 Å². The Balaban J connectivity index is 1.93. The van der Waals surface area contributed by atoms with Gasteiger partial charge in [-0.05, 0) is 30.2 Å². The summed E-state index contributed by atoms with van der Waals surface area (Å²) in [6, 6.07) is 25.0. The third-order valence-electron chi connectivity index (χ3n) is 4.61. The third-order valence-corrected chi connectivity index (χ3v) is 6.55. The van der Waals surface area contributed by atoms with Crippen molar-refractivity contribution in [1.82, 2.24) is 0 Å². The van der Waals surface area contributed by atoms with E-state index < -0.39 is 9.84 Å². The minimum atomic E-state index is -3.91. The fourth-order valence-corrected chi connectivity index (χ4v) is 5.12. The van der Waals surface area contributed by atoms with Crippen LogP contribution in [0.3, 0.4) is 0 Å². The summed E-state index contributed by atoms with van der Waals surface area (Å²) in [4.78, 5) is -0.00778. The van der Waals surface area contributed by atoms with Gasteiger partial charge in [-0.1, -0.05) is 78.4 Å². The molecule has 4 rings (SSSR count). The van der Waals surface area contributed by atoms with Crippen LogP contribution < -0.4 is 5.32 Å². The molecule has 0 radical (unpaired) electrons. The molecular weight excluding hydrogens is 370 g/mol. The Hall–Kier alpha value is -3.31. The van der Waals surface area contributed by atoms with Crippen molar-refractivity contribution in [2.24, 2.45) is 0 Å². The molecule has 5 heteroatoms. The number of rotatable bonds is 4. The minimum Gasteiger partial charge on any atom is -0.504 e. The lowest BCUT2D eigenvalue weighted by atomic mass is 10.1. The van der Waals surface area contributed by atoms with Crippen molar-refractivity contribution in [2.75, 3.05) is 5.32 Å². The summed E-state index contributed by atoms with van der Waals surface area (Å²) >= 11 is 0. The highest BCUT2D eigenvalue weighted by Crippen LogP contribution is 2.45. The number of hydrogen-bond acceptors (Lipinski definition) is 4. The van der Waals surface area contributed by atoms with E-state index in [1.165, 1.54) is 0 Å². The molecule has 0 atom stereocenters. The highest BCUT2D eigenvalue weighted by molar-refractivity contribution is 8.09. The van der Waals surface area contributed by atoms with Gasteiger partial charge in [0, 0.05) is 5.69 Å². The van der Waals surface area contributed by atoms with Gasteiger partial charge in [-0.25, -0.2) is 8.42 Å². The minimum absolute atomic E-state index is 0.0741. The predicted molar refractivity (Wildman–Crippen MR) is 113 cm³/mol. The van der Waals surface area contributed by atoms with Gasteiger partial charge in [-0.15, -0.1) is 0 Å². The van der Waals surface area contributed by atoms with Gasteiger partial charge >= 0.3 is 0 Å². The summed E-state index contributed by atoms with van der Waals surface area (Å²) < 4.78 is 26.9. The second-order valence-corrected chi connectivity index (χ2v) is 8.43. The molecule has 0 spiro atoms. The second kappa shape index (κ2) is 7.02. The van der Waals surface area contributed by atoms with Gasteiger partial charge in [0.15, 0.2) is 5.76 Å². The van der Waals surface area contributed by atoms with Gasteiger partial charge in [-0.2, -0.15) is 0 Å². The molecule has 2 N–H and O–H groups in total. The summed E-state index contributed by atoms with van der Waals surface area (Å²) in [6.45, 7) is 1.98. The van der Waals surface area contributed by atoms with Gasteiger partial charge < -0.3 is 10.4 Å². The van der Waals surface area contributed by atoms with Gasteiger partial charge in [-0.3, -0.25) is 0 Å². The van der Waals surface area contributed by atoms with Gasteiger partial charge in [0.2, 0.25) is 9.84 Å². The van der Waals surface area contributed by atoms with Crippen LogP contribution >= 0.6 is 0 Å². The fraction of sp³-hybridized carbons (Fsp3) is 0.0435. The number of anilines is 1. The largest absolute Gasteiger partial charge is 0.504 e. The first kappa shape index (κ1) is 18.1. The standard InChI is InChI=1S/C23H19NO3S/c1-16-12-14-19(15-13-16)24-20-21(25)23(18-10-6-3-7-11-18)28(26,27)22(20)17-8-4-2-5-9-17/h2-15,24-25H,1H3. The molecule has 4 nitrogen and oxygen atoms in total. The molecular formula is C23H19NO3S. The maximum Gasteiger partial charge on any atom is 0.213 e. The van der Waals surface area contributed by atoms with Crippen molar-refractivity contribution in [3.05, 3.63) is 113 Å². The molecule has 3 aromatic rings. The van der Waals surface area contributed by atoms with Crippen LogP contribution in [0.25, 0.3) is 9.81 Å². The van der Waals surface area contributed by atoms with E-state index in [1.54, 1.807) is 54.6 Å². The van der Waals surface area contributed by atoms with Crippen LogP contribution in [0.5, 0.6) is 0 Å². The Labute approximate surface area is 164 Å². The molecule has 0 saturated heterocycles. The van der Waals surface area contributed by atoms with E-state index in [2.05, 4.69) is 5.32 Å². The number of sulfone groups is 1. The molecule has 0 saturated carbocycles. The van der Waals surface area contributed by atoms with Crippen molar-refractivity contribution in [3.8, 4) is 0 Å². The number of benzene rings is 3. The van der Waals surface area contributed by atoms with Crippen molar-refractivity contribution in [1.29, 1.82) is 0 Å². The molecule has 0 bridgehead atoms. The number of aliphatic hydroxyl groups is 1. The number of hydrogen-bond donors (Lipinski definition) is 2. The number of aliphatic hydroxyl groups excluding tert-OH is 1. The quantitative estimate of drug-likeness (QED) is 0.649. The molecule has 28 heavy (non-hydrogen) atoms. The number of aryl methyl sites for hydroxylation is 1. The molecule has 1 aliphatic heterocycles. The zero-order valence-corrected chi connectivity index (χ0v) is 16.1. The lowest BCUT2D eigenvalue weighted by Gasteiger charge is -2.11. The van der Waals surface area contributed by atoms with E-state index in [9.17, 15) is 13.5 Å². The first-order valence-electron chi connectivity index (χ1n) is 8.86. The average molecular weight is 389 g/mol. The maximum absolute atomic E-state index is 13.4. The van der Waals surface area contributed by atoms with Crippen LogP contribution in [0.2, 0.25) is 0 Å². The Bertz CT molecular complexity index is 1180. The lowest BCUT2D eigenvalue weighted by Crippen LogP contribution is -2.05. The van der Waals surface area contributed by atoms with Crippen LogP contribution in [0.1, 0.15) is 16.7 Å². The fourth-order valence-electron chi connectivity index (χ4n) is 3.25. The van der Waals surface area contributed by atoms with E-state index in [4.69, 9.17) is 0 Å².